The Kier molecular flexibility index (Phi) is 4.73. The van der Waals surface area contributed by atoms with Gasteiger partial charge >= 0.3 is 12.0 Å². The van der Waals surface area contributed by atoms with Gasteiger partial charge in [-0.05, 0) is 40.9 Å². The number of rotatable bonds is 4. The van der Waals surface area contributed by atoms with Crippen LogP contribution in [-0.4, -0.2) is 23.7 Å². The lowest BCUT2D eigenvalue weighted by atomic mass is 9.69. The number of carbonyl (C=O) groups excluding carboxylic acids is 1. The summed E-state index contributed by atoms with van der Waals surface area (Å²) in [5.41, 5.74) is -0.644. The van der Waals surface area contributed by atoms with Gasteiger partial charge in [-0.1, -0.05) is 18.0 Å². The van der Waals surface area contributed by atoms with E-state index >= 15 is 0 Å². The minimum Gasteiger partial charge on any atom is -0.481 e. The number of hydrogen-bond donors (Lipinski definition) is 3. The molecule has 8 heteroatoms. The van der Waals surface area contributed by atoms with Gasteiger partial charge in [0.1, 0.15) is 5.82 Å². The number of hydrogen-bond acceptors (Lipinski definition) is 2. The molecule has 3 N–H and O–H groups in total. The quantitative estimate of drug-likeness (QED) is 0.747. The predicted octanol–water partition coefficient (Wildman–Crippen LogP) is 3.62. The Balaban J connectivity index is 1.98. The Labute approximate surface area is 134 Å². The molecule has 0 atom stereocenters. The topological polar surface area (TPSA) is 78.4 Å². The third-order valence-electron chi connectivity index (χ3n) is 3.60. The predicted molar refractivity (Wildman–Crippen MR) is 80.1 cm³/mol. The summed E-state index contributed by atoms with van der Waals surface area (Å²) >= 11 is 8.96. The van der Waals surface area contributed by atoms with E-state index in [1.807, 2.05) is 0 Å². The fraction of sp³-hybridized carbons (Fsp3) is 0.385. The fourth-order valence-electron chi connectivity index (χ4n) is 2.14. The van der Waals surface area contributed by atoms with Crippen LogP contribution in [0.4, 0.5) is 14.9 Å². The highest BCUT2D eigenvalue weighted by atomic mass is 79.9. The molecule has 1 aromatic carbocycles. The van der Waals surface area contributed by atoms with Crippen LogP contribution in [0.5, 0.6) is 0 Å². The Bertz CT molecular complexity index is 570. The number of carbonyl (C=O) groups is 2. The van der Waals surface area contributed by atoms with Crippen LogP contribution >= 0.6 is 27.5 Å². The second kappa shape index (κ2) is 6.19. The molecule has 2 rings (SSSR count). The number of anilines is 1. The Hall–Kier alpha value is -1.34. The average Bonchev–Trinajstić information content (AvgIpc) is 2.31. The molecule has 0 aromatic heterocycles. The van der Waals surface area contributed by atoms with Crippen molar-refractivity contribution in [2.45, 2.75) is 19.3 Å². The lowest BCUT2D eigenvalue weighted by Crippen LogP contribution is -2.48. The van der Waals surface area contributed by atoms with Gasteiger partial charge in [-0.15, -0.1) is 0 Å². The van der Waals surface area contributed by atoms with Crippen molar-refractivity contribution in [1.29, 1.82) is 0 Å². The molecular formula is C13H13BrClFN2O3. The van der Waals surface area contributed by atoms with E-state index in [0.717, 1.165) is 12.5 Å². The third-order valence-corrected chi connectivity index (χ3v) is 4.52. The molecule has 1 aromatic rings. The zero-order chi connectivity index (χ0) is 15.6. The molecule has 0 aliphatic heterocycles. The standard InChI is InChI=1S/C13H13BrClFN2O3/c14-8-4-7(16)5-9(15)10(8)18-12(21)17-6-13(11(19)20)2-1-3-13/h4-5H,1-3,6H2,(H,19,20)(H2,17,18,21). The van der Waals surface area contributed by atoms with E-state index in [0.29, 0.717) is 17.3 Å². The summed E-state index contributed by atoms with van der Waals surface area (Å²) in [5.74, 6) is -1.44. The smallest absolute Gasteiger partial charge is 0.319 e. The first-order valence-electron chi connectivity index (χ1n) is 6.27. The van der Waals surface area contributed by atoms with Gasteiger partial charge in [-0.2, -0.15) is 0 Å². The number of benzene rings is 1. The molecule has 0 bridgehead atoms. The minimum absolute atomic E-state index is 0.0462. The van der Waals surface area contributed by atoms with Gasteiger partial charge in [0, 0.05) is 11.0 Å². The first kappa shape index (κ1) is 16.0. The van der Waals surface area contributed by atoms with Crippen molar-refractivity contribution in [2.24, 2.45) is 5.41 Å². The number of halogens is 3. The van der Waals surface area contributed by atoms with Gasteiger partial charge in [0.15, 0.2) is 0 Å². The van der Waals surface area contributed by atoms with Crippen molar-refractivity contribution < 1.29 is 19.1 Å². The summed E-state index contributed by atoms with van der Waals surface area (Å²) in [4.78, 5) is 23.0. The highest BCUT2D eigenvalue weighted by molar-refractivity contribution is 9.10. The molecule has 0 unspecified atom stereocenters. The molecular weight excluding hydrogens is 367 g/mol. The molecule has 1 aliphatic rings. The molecule has 1 aliphatic carbocycles. The Morgan fingerprint density at radius 2 is 2.10 bits per heavy atom. The Morgan fingerprint density at radius 1 is 1.43 bits per heavy atom. The largest absolute Gasteiger partial charge is 0.481 e. The lowest BCUT2D eigenvalue weighted by molar-refractivity contribution is -0.153. The van der Waals surface area contributed by atoms with E-state index in [-0.39, 0.29) is 17.3 Å². The van der Waals surface area contributed by atoms with Crippen LogP contribution in [0.3, 0.4) is 0 Å². The monoisotopic (exact) mass is 378 g/mol. The summed E-state index contributed by atoms with van der Waals surface area (Å²) in [5, 5.41) is 14.2. The van der Waals surface area contributed by atoms with Crippen molar-refractivity contribution in [1.82, 2.24) is 5.32 Å². The normalized spacial score (nSPS) is 16.0. The van der Waals surface area contributed by atoms with Gasteiger partial charge < -0.3 is 15.7 Å². The van der Waals surface area contributed by atoms with Crippen molar-refractivity contribution >= 4 is 45.2 Å². The molecule has 21 heavy (non-hydrogen) atoms. The number of amides is 2. The second-order valence-corrected chi connectivity index (χ2v) is 6.25. The van der Waals surface area contributed by atoms with Crippen LogP contribution in [-0.2, 0) is 4.79 Å². The van der Waals surface area contributed by atoms with E-state index in [2.05, 4.69) is 26.6 Å². The van der Waals surface area contributed by atoms with Gasteiger partial charge in [0.25, 0.3) is 0 Å². The van der Waals surface area contributed by atoms with Crippen LogP contribution < -0.4 is 10.6 Å². The molecule has 114 valence electrons. The second-order valence-electron chi connectivity index (χ2n) is 4.99. The van der Waals surface area contributed by atoms with Crippen molar-refractivity contribution in [3.63, 3.8) is 0 Å². The van der Waals surface area contributed by atoms with Crippen LogP contribution in [0.15, 0.2) is 16.6 Å². The molecule has 2 amide bonds. The molecule has 0 radical (unpaired) electrons. The minimum atomic E-state index is -0.907. The van der Waals surface area contributed by atoms with Crippen molar-refractivity contribution in [2.75, 3.05) is 11.9 Å². The van der Waals surface area contributed by atoms with Crippen molar-refractivity contribution in [3.05, 3.63) is 27.4 Å². The van der Waals surface area contributed by atoms with Crippen LogP contribution in [0.25, 0.3) is 0 Å². The highest BCUT2D eigenvalue weighted by Crippen LogP contribution is 2.40. The molecule has 0 heterocycles. The number of aliphatic carboxylic acids is 1. The van der Waals surface area contributed by atoms with Crippen LogP contribution in [0, 0.1) is 11.2 Å². The zero-order valence-electron chi connectivity index (χ0n) is 10.9. The number of urea groups is 1. The Morgan fingerprint density at radius 3 is 2.57 bits per heavy atom. The maximum Gasteiger partial charge on any atom is 0.319 e. The van der Waals surface area contributed by atoms with E-state index in [1.165, 1.54) is 6.07 Å². The fourth-order valence-corrected chi connectivity index (χ4v) is 3.04. The van der Waals surface area contributed by atoms with E-state index in [9.17, 15) is 14.0 Å². The van der Waals surface area contributed by atoms with E-state index in [4.69, 9.17) is 16.7 Å². The maximum atomic E-state index is 13.1. The highest BCUT2D eigenvalue weighted by Gasteiger charge is 2.44. The van der Waals surface area contributed by atoms with Gasteiger partial charge in [0.2, 0.25) is 0 Å². The molecule has 0 spiro atoms. The van der Waals surface area contributed by atoms with Crippen LogP contribution in [0.2, 0.25) is 5.02 Å². The molecule has 0 saturated heterocycles. The third kappa shape index (κ3) is 3.47. The van der Waals surface area contributed by atoms with E-state index in [1.54, 1.807) is 0 Å². The molecule has 1 saturated carbocycles. The van der Waals surface area contributed by atoms with Gasteiger partial charge in [-0.25, -0.2) is 9.18 Å². The maximum absolute atomic E-state index is 13.1. The van der Waals surface area contributed by atoms with Gasteiger partial charge in [0.05, 0.1) is 16.1 Å². The molecule has 1 fully saturated rings. The SMILES string of the molecule is O=C(NCC1(C(=O)O)CCC1)Nc1c(Cl)cc(F)cc1Br. The zero-order valence-corrected chi connectivity index (χ0v) is 13.2. The number of nitrogens with one attached hydrogen (secondary N) is 2. The molecule has 5 nitrogen and oxygen atoms in total. The average molecular weight is 380 g/mol. The summed E-state index contributed by atoms with van der Waals surface area (Å²) in [6, 6.07) is 1.66. The number of carboxylic acids is 1. The van der Waals surface area contributed by atoms with E-state index < -0.39 is 23.2 Å². The summed E-state index contributed by atoms with van der Waals surface area (Å²) in [6.45, 7) is 0.0462. The summed E-state index contributed by atoms with van der Waals surface area (Å²) in [7, 11) is 0. The lowest BCUT2D eigenvalue weighted by Gasteiger charge is -2.37. The first-order valence-corrected chi connectivity index (χ1v) is 7.44. The van der Waals surface area contributed by atoms with Crippen molar-refractivity contribution in [3.8, 4) is 0 Å². The summed E-state index contributed by atoms with van der Waals surface area (Å²) in [6.07, 6.45) is 1.93. The summed E-state index contributed by atoms with van der Waals surface area (Å²) < 4.78 is 13.4. The number of carboxylic acid groups (broad SMARTS) is 1. The van der Waals surface area contributed by atoms with Gasteiger partial charge in [-0.3, -0.25) is 4.79 Å². The van der Waals surface area contributed by atoms with Crippen LogP contribution in [0.1, 0.15) is 19.3 Å². The first-order chi connectivity index (χ1) is 9.84.